The quantitative estimate of drug-likeness (QED) is 0.361. The summed E-state index contributed by atoms with van der Waals surface area (Å²) in [5, 5.41) is 1.23. The predicted octanol–water partition coefficient (Wildman–Crippen LogP) is 3.76. The van der Waals surface area contributed by atoms with Gasteiger partial charge >= 0.3 is 0 Å². The minimum absolute atomic E-state index is 0.0281. The highest BCUT2D eigenvalue weighted by Gasteiger charge is 2.15. The number of aromatic nitrogens is 3. The Morgan fingerprint density at radius 1 is 1.19 bits per heavy atom. The van der Waals surface area contributed by atoms with Crippen LogP contribution in [0.2, 0.25) is 0 Å². The van der Waals surface area contributed by atoms with Gasteiger partial charge in [0.2, 0.25) is 0 Å². The molecule has 0 fully saturated rings. The van der Waals surface area contributed by atoms with Gasteiger partial charge in [-0.3, -0.25) is 14.2 Å². The molecule has 0 amide bonds. The molecule has 0 saturated carbocycles. The molecule has 26 heavy (non-hydrogen) atoms. The molecule has 2 aromatic heterocycles. The second-order valence-electron chi connectivity index (χ2n) is 6.77. The van der Waals surface area contributed by atoms with E-state index in [1.807, 2.05) is 48.1 Å². The molecule has 0 N–H and O–H groups in total. The van der Waals surface area contributed by atoms with Crippen molar-refractivity contribution in [3.63, 3.8) is 0 Å². The maximum absolute atomic E-state index is 12.9. The summed E-state index contributed by atoms with van der Waals surface area (Å²) in [6, 6.07) is 11.0. The third kappa shape index (κ3) is 3.90. The molecule has 3 aromatic rings. The number of para-hydroxylation sites is 1. The number of carbonyl (C=O) groups excluding carboxylic acids is 1. The van der Waals surface area contributed by atoms with Gasteiger partial charge in [0.15, 0.2) is 10.9 Å². The van der Waals surface area contributed by atoms with Gasteiger partial charge in [-0.1, -0.05) is 37.7 Å². The fourth-order valence-electron chi connectivity index (χ4n) is 2.80. The Morgan fingerprint density at radius 3 is 2.65 bits per heavy atom. The van der Waals surface area contributed by atoms with Crippen molar-refractivity contribution in [3.05, 3.63) is 58.6 Å². The molecule has 0 aliphatic carbocycles. The summed E-state index contributed by atoms with van der Waals surface area (Å²) in [6.45, 7) is 4.87. The van der Waals surface area contributed by atoms with Crippen LogP contribution < -0.4 is 5.56 Å². The monoisotopic (exact) mass is 369 g/mol. The SMILES string of the molecule is CC(C)CCn1c(SCC(=O)c2cccn2C)nc2ccccc2c1=O. The minimum atomic E-state index is -0.0370. The van der Waals surface area contributed by atoms with Gasteiger partial charge in [0.05, 0.1) is 22.3 Å². The summed E-state index contributed by atoms with van der Waals surface area (Å²) in [7, 11) is 1.85. The Kier molecular flexibility index (Phi) is 5.61. The standard InChI is InChI=1S/C20H23N3O2S/c1-14(2)10-12-23-19(25)15-7-4-5-8-16(15)21-20(23)26-13-18(24)17-9-6-11-22(17)3/h4-9,11,14H,10,12-13H2,1-3H3. The van der Waals surface area contributed by atoms with Crippen molar-refractivity contribution in [2.24, 2.45) is 13.0 Å². The van der Waals surface area contributed by atoms with E-state index >= 15 is 0 Å². The lowest BCUT2D eigenvalue weighted by Gasteiger charge is -2.14. The molecule has 0 aliphatic heterocycles. The van der Waals surface area contributed by atoms with E-state index in [1.54, 1.807) is 10.6 Å². The highest BCUT2D eigenvalue weighted by molar-refractivity contribution is 7.99. The van der Waals surface area contributed by atoms with Crippen molar-refractivity contribution >= 4 is 28.4 Å². The van der Waals surface area contributed by atoms with Crippen molar-refractivity contribution in [1.29, 1.82) is 0 Å². The van der Waals surface area contributed by atoms with E-state index in [-0.39, 0.29) is 17.1 Å². The average molecular weight is 369 g/mol. The Labute approximate surface area is 157 Å². The summed E-state index contributed by atoms with van der Waals surface area (Å²) in [4.78, 5) is 30.0. The zero-order chi connectivity index (χ0) is 18.7. The van der Waals surface area contributed by atoms with Crippen LogP contribution in [0, 0.1) is 5.92 Å². The van der Waals surface area contributed by atoms with E-state index in [0.717, 1.165) is 6.42 Å². The normalized spacial score (nSPS) is 11.4. The molecular weight excluding hydrogens is 346 g/mol. The first-order chi connectivity index (χ1) is 12.5. The van der Waals surface area contributed by atoms with Crippen LogP contribution in [0.4, 0.5) is 0 Å². The molecule has 0 aliphatic rings. The zero-order valence-electron chi connectivity index (χ0n) is 15.3. The first-order valence-electron chi connectivity index (χ1n) is 8.74. The number of benzene rings is 1. The topological polar surface area (TPSA) is 56.9 Å². The van der Waals surface area contributed by atoms with Gasteiger partial charge in [-0.05, 0) is 36.6 Å². The van der Waals surface area contributed by atoms with Gasteiger partial charge in [-0.25, -0.2) is 4.98 Å². The first kappa shape index (κ1) is 18.5. The molecule has 0 saturated heterocycles. The zero-order valence-corrected chi connectivity index (χ0v) is 16.1. The van der Waals surface area contributed by atoms with Crippen LogP contribution in [0.5, 0.6) is 0 Å². The van der Waals surface area contributed by atoms with E-state index < -0.39 is 0 Å². The lowest BCUT2D eigenvalue weighted by molar-refractivity contribution is 0.101. The van der Waals surface area contributed by atoms with Gasteiger partial charge in [0, 0.05) is 19.8 Å². The number of nitrogens with zero attached hydrogens (tertiary/aromatic N) is 3. The fraction of sp³-hybridized carbons (Fsp3) is 0.350. The van der Waals surface area contributed by atoms with Crippen LogP contribution in [0.1, 0.15) is 30.8 Å². The number of Topliss-reactive ketones (excluding diaryl/α,β-unsaturated/α-hetero) is 1. The molecule has 3 rings (SSSR count). The minimum Gasteiger partial charge on any atom is -0.348 e. The van der Waals surface area contributed by atoms with Crippen LogP contribution in [-0.2, 0) is 13.6 Å². The van der Waals surface area contributed by atoms with E-state index in [2.05, 4.69) is 18.8 Å². The third-order valence-corrected chi connectivity index (χ3v) is 5.29. The number of thioether (sulfide) groups is 1. The van der Waals surface area contributed by atoms with Gasteiger partial charge in [0.25, 0.3) is 5.56 Å². The molecule has 6 heteroatoms. The molecular formula is C20H23N3O2S. The second-order valence-corrected chi connectivity index (χ2v) is 7.71. The van der Waals surface area contributed by atoms with Crippen molar-refractivity contribution in [3.8, 4) is 0 Å². The third-order valence-electron chi connectivity index (χ3n) is 4.32. The average Bonchev–Trinajstić information content (AvgIpc) is 3.05. The highest BCUT2D eigenvalue weighted by Crippen LogP contribution is 2.20. The van der Waals surface area contributed by atoms with Crippen molar-refractivity contribution in [1.82, 2.24) is 14.1 Å². The fourth-order valence-corrected chi connectivity index (χ4v) is 3.70. The van der Waals surface area contributed by atoms with Crippen LogP contribution in [-0.4, -0.2) is 25.7 Å². The summed E-state index contributed by atoms with van der Waals surface area (Å²) in [5.41, 5.74) is 1.30. The number of rotatable bonds is 7. The number of hydrogen-bond donors (Lipinski definition) is 0. The van der Waals surface area contributed by atoms with Gasteiger partial charge in [-0.2, -0.15) is 0 Å². The molecule has 2 heterocycles. The molecule has 0 radical (unpaired) electrons. The van der Waals surface area contributed by atoms with Crippen LogP contribution >= 0.6 is 11.8 Å². The lowest BCUT2D eigenvalue weighted by Crippen LogP contribution is -2.24. The number of ketones is 1. The van der Waals surface area contributed by atoms with Crippen LogP contribution in [0.25, 0.3) is 10.9 Å². The molecule has 136 valence electrons. The van der Waals surface area contributed by atoms with Crippen molar-refractivity contribution in [2.75, 3.05) is 5.75 Å². The Hall–Kier alpha value is -2.34. The largest absolute Gasteiger partial charge is 0.348 e. The summed E-state index contributed by atoms with van der Waals surface area (Å²) in [5.74, 6) is 0.765. The van der Waals surface area contributed by atoms with Gasteiger partial charge < -0.3 is 4.57 Å². The molecule has 0 unspecified atom stereocenters. The first-order valence-corrected chi connectivity index (χ1v) is 9.73. The highest BCUT2D eigenvalue weighted by atomic mass is 32.2. The van der Waals surface area contributed by atoms with E-state index in [9.17, 15) is 9.59 Å². The van der Waals surface area contributed by atoms with E-state index in [1.165, 1.54) is 11.8 Å². The Bertz CT molecular complexity index is 988. The maximum atomic E-state index is 12.9. The molecule has 1 aromatic carbocycles. The number of carbonyl (C=O) groups is 1. The van der Waals surface area contributed by atoms with E-state index in [4.69, 9.17) is 0 Å². The van der Waals surface area contributed by atoms with Crippen molar-refractivity contribution < 1.29 is 4.79 Å². The van der Waals surface area contributed by atoms with Crippen LogP contribution in [0.15, 0.2) is 52.5 Å². The number of aryl methyl sites for hydroxylation is 1. The Balaban J connectivity index is 1.92. The van der Waals surface area contributed by atoms with Crippen LogP contribution in [0.3, 0.4) is 0 Å². The molecule has 0 bridgehead atoms. The second kappa shape index (κ2) is 7.91. The van der Waals surface area contributed by atoms with E-state index in [0.29, 0.717) is 34.2 Å². The number of fused-ring (bicyclic) bond motifs is 1. The summed E-state index contributed by atoms with van der Waals surface area (Å²) >= 11 is 1.33. The van der Waals surface area contributed by atoms with Crippen molar-refractivity contribution in [2.45, 2.75) is 32.0 Å². The molecule has 5 nitrogen and oxygen atoms in total. The molecule has 0 spiro atoms. The van der Waals surface area contributed by atoms with Gasteiger partial charge in [0.1, 0.15) is 0 Å². The summed E-state index contributed by atoms with van der Waals surface area (Å²) in [6.07, 6.45) is 2.74. The Morgan fingerprint density at radius 2 is 1.96 bits per heavy atom. The summed E-state index contributed by atoms with van der Waals surface area (Å²) < 4.78 is 3.52. The molecule has 0 atom stereocenters. The maximum Gasteiger partial charge on any atom is 0.262 e. The number of hydrogen-bond acceptors (Lipinski definition) is 4. The smallest absolute Gasteiger partial charge is 0.262 e. The van der Waals surface area contributed by atoms with Gasteiger partial charge in [-0.15, -0.1) is 0 Å². The predicted molar refractivity (Wildman–Crippen MR) is 106 cm³/mol. The lowest BCUT2D eigenvalue weighted by atomic mass is 10.1.